The topological polar surface area (TPSA) is 91.6 Å². The quantitative estimate of drug-likeness (QED) is 0.217. The van der Waals surface area contributed by atoms with Crippen LogP contribution in [0, 0.1) is 43.0 Å². The Bertz CT molecular complexity index is 1600. The van der Waals surface area contributed by atoms with Gasteiger partial charge in [0.05, 0.1) is 21.8 Å². The number of hydrogen-bond acceptors (Lipinski definition) is 4. The third kappa shape index (κ3) is 8.03. The van der Waals surface area contributed by atoms with Crippen LogP contribution in [0.4, 0.5) is 17.6 Å². The summed E-state index contributed by atoms with van der Waals surface area (Å²) in [6.45, 7) is 7.28. The molecule has 7 nitrogen and oxygen atoms in total. The Hall–Kier alpha value is -3.77. The van der Waals surface area contributed by atoms with Gasteiger partial charge in [-0.2, -0.15) is 0 Å². The van der Waals surface area contributed by atoms with Crippen LogP contribution in [0.15, 0.2) is 41.3 Å². The SMILES string of the molecule is Cc1cc(F)cc(C)c1-c1cc(F)c(F)c([C@@]([Si])(CC(=O)O)NC(=O)C(CC(C)C)n2cc(CCN(C)C)cc(F)c2=O)c1. The summed E-state index contributed by atoms with van der Waals surface area (Å²) in [6.07, 6.45) is 0.871. The van der Waals surface area contributed by atoms with Gasteiger partial charge in [-0.05, 0) is 105 Å². The number of rotatable bonds is 12. The second-order valence-corrected chi connectivity index (χ2v) is 12.7. The van der Waals surface area contributed by atoms with E-state index < -0.39 is 63.9 Å². The Kier molecular flexibility index (Phi) is 11.0. The summed E-state index contributed by atoms with van der Waals surface area (Å²) in [5, 5.41) is 10.0. The van der Waals surface area contributed by atoms with Gasteiger partial charge in [0.15, 0.2) is 17.5 Å². The van der Waals surface area contributed by atoms with Gasteiger partial charge in [-0.3, -0.25) is 14.4 Å². The first-order chi connectivity index (χ1) is 20.4. The van der Waals surface area contributed by atoms with E-state index in [1.54, 1.807) is 27.7 Å². The number of carboxylic acid groups (broad SMARTS) is 1. The number of hydrogen-bond donors (Lipinski definition) is 2. The van der Waals surface area contributed by atoms with Crippen LogP contribution in [0.5, 0.6) is 0 Å². The molecule has 3 aromatic rings. The summed E-state index contributed by atoms with van der Waals surface area (Å²) in [4.78, 5) is 40.7. The molecule has 1 aromatic heterocycles. The van der Waals surface area contributed by atoms with Crippen LogP contribution in [0.25, 0.3) is 11.1 Å². The molecule has 0 saturated heterocycles. The summed E-state index contributed by atoms with van der Waals surface area (Å²) < 4.78 is 60.4. The Morgan fingerprint density at radius 1 is 1.02 bits per heavy atom. The highest BCUT2D eigenvalue weighted by Crippen LogP contribution is 2.35. The van der Waals surface area contributed by atoms with Gasteiger partial charge < -0.3 is 19.9 Å². The zero-order valence-corrected chi connectivity index (χ0v) is 26.5. The minimum absolute atomic E-state index is 0.0442. The maximum absolute atomic E-state index is 15.5. The van der Waals surface area contributed by atoms with E-state index in [2.05, 4.69) is 15.6 Å². The lowest BCUT2D eigenvalue weighted by atomic mass is 9.91. The Balaban J connectivity index is 2.17. The van der Waals surface area contributed by atoms with Gasteiger partial charge in [-0.1, -0.05) is 13.8 Å². The van der Waals surface area contributed by atoms with Gasteiger partial charge in [0, 0.05) is 18.3 Å². The average Bonchev–Trinajstić information content (AvgIpc) is 2.88. The predicted octanol–water partition coefficient (Wildman–Crippen LogP) is 4.99. The smallest absolute Gasteiger partial charge is 0.305 e. The molecule has 0 aliphatic heterocycles. The second-order valence-electron chi connectivity index (χ2n) is 11.8. The molecule has 1 amide bonds. The van der Waals surface area contributed by atoms with Gasteiger partial charge in [0.25, 0.3) is 5.56 Å². The van der Waals surface area contributed by atoms with Crippen molar-refractivity contribution in [2.24, 2.45) is 5.92 Å². The van der Waals surface area contributed by atoms with Gasteiger partial charge in [-0.25, -0.2) is 17.6 Å². The lowest BCUT2D eigenvalue weighted by Gasteiger charge is -2.33. The highest BCUT2D eigenvalue weighted by molar-refractivity contribution is 6.18. The number of likely N-dealkylation sites (N-methyl/N-ethyl adjacent to an activating group) is 1. The Labute approximate surface area is 257 Å². The second kappa shape index (κ2) is 13.9. The largest absolute Gasteiger partial charge is 0.481 e. The first-order valence-electron chi connectivity index (χ1n) is 14.0. The third-order valence-corrected chi connectivity index (χ3v) is 7.83. The summed E-state index contributed by atoms with van der Waals surface area (Å²) >= 11 is 0. The minimum atomic E-state index is -2.20. The number of aliphatic carboxylic acids is 1. The fraction of sp³-hybridized carbons (Fsp3) is 0.406. The van der Waals surface area contributed by atoms with Crippen LogP contribution in [0.2, 0.25) is 0 Å². The maximum atomic E-state index is 15.5. The van der Waals surface area contributed by atoms with E-state index in [0.717, 1.165) is 16.7 Å². The van der Waals surface area contributed by atoms with Crippen molar-refractivity contribution in [1.82, 2.24) is 14.8 Å². The van der Waals surface area contributed by atoms with Crippen molar-refractivity contribution < 1.29 is 32.3 Å². The summed E-state index contributed by atoms with van der Waals surface area (Å²) in [5.41, 5.74) is 0.239. The highest BCUT2D eigenvalue weighted by Gasteiger charge is 2.38. The number of pyridine rings is 1. The molecule has 44 heavy (non-hydrogen) atoms. The number of aromatic nitrogens is 1. The van der Waals surface area contributed by atoms with E-state index in [1.807, 2.05) is 19.0 Å². The number of halogens is 4. The van der Waals surface area contributed by atoms with Crippen molar-refractivity contribution in [1.29, 1.82) is 0 Å². The normalized spacial score (nSPS) is 13.7. The molecule has 0 aliphatic rings. The molecule has 2 atom stereocenters. The number of aryl methyl sites for hydroxylation is 2. The van der Waals surface area contributed by atoms with Crippen molar-refractivity contribution in [2.75, 3.05) is 20.6 Å². The minimum Gasteiger partial charge on any atom is -0.481 e. The van der Waals surface area contributed by atoms with E-state index in [1.165, 1.54) is 24.4 Å². The summed E-state index contributed by atoms with van der Waals surface area (Å²) in [5.74, 6) is -6.90. The van der Waals surface area contributed by atoms with Gasteiger partial charge >= 0.3 is 5.97 Å². The zero-order chi connectivity index (χ0) is 33.1. The van der Waals surface area contributed by atoms with Crippen molar-refractivity contribution in [3.63, 3.8) is 0 Å². The molecule has 3 rings (SSSR count). The van der Waals surface area contributed by atoms with Crippen LogP contribution < -0.4 is 10.9 Å². The first kappa shape index (κ1) is 34.7. The standard InChI is InChI=1S/C32H36F4N3O4Si/c1-17(2)9-26(39-16-20(7-8-38(5)6)12-25(35)31(39)43)30(42)37-32(44,15-27(40)41)23-13-21(14-24(34)29(23)36)28-18(3)10-22(33)11-19(28)4/h10-14,16-17,26H,7-9,15H2,1-6H3,(H,37,42)(H,40,41)/t26?,32-/m0/s1. The number of amides is 1. The molecule has 2 aromatic carbocycles. The molecular weight excluding hydrogens is 594 g/mol. The number of carbonyl (C=O) groups excluding carboxylic acids is 1. The van der Waals surface area contributed by atoms with Gasteiger partial charge in [-0.15, -0.1) is 0 Å². The molecule has 1 heterocycles. The van der Waals surface area contributed by atoms with Crippen LogP contribution in [0.1, 0.15) is 55.0 Å². The Morgan fingerprint density at radius 3 is 2.18 bits per heavy atom. The van der Waals surface area contributed by atoms with E-state index in [-0.39, 0.29) is 17.9 Å². The molecule has 0 bridgehead atoms. The van der Waals surface area contributed by atoms with E-state index in [9.17, 15) is 28.3 Å². The monoisotopic (exact) mass is 630 g/mol. The number of carboxylic acids is 1. The van der Waals surface area contributed by atoms with Crippen molar-refractivity contribution in [2.45, 2.75) is 58.2 Å². The van der Waals surface area contributed by atoms with Crippen LogP contribution in [0.3, 0.4) is 0 Å². The number of nitrogens with one attached hydrogen (secondary N) is 1. The molecule has 235 valence electrons. The first-order valence-corrected chi connectivity index (χ1v) is 14.5. The third-order valence-electron chi connectivity index (χ3n) is 7.26. The van der Waals surface area contributed by atoms with Crippen molar-refractivity contribution in [3.8, 4) is 11.1 Å². The van der Waals surface area contributed by atoms with E-state index >= 15 is 8.78 Å². The summed E-state index contributed by atoms with van der Waals surface area (Å²) in [6, 6.07) is 4.33. The number of nitrogens with zero attached hydrogens (tertiary/aromatic N) is 2. The van der Waals surface area contributed by atoms with E-state index in [0.29, 0.717) is 35.2 Å². The molecule has 0 spiro atoms. The molecule has 3 radical (unpaired) electrons. The average molecular weight is 631 g/mol. The van der Waals surface area contributed by atoms with Crippen molar-refractivity contribution >= 4 is 22.1 Å². The fourth-order valence-electron chi connectivity index (χ4n) is 5.27. The Morgan fingerprint density at radius 2 is 1.64 bits per heavy atom. The fourth-order valence-corrected chi connectivity index (χ4v) is 5.73. The number of benzene rings is 2. The number of carbonyl (C=O) groups is 2. The lowest BCUT2D eigenvalue weighted by molar-refractivity contribution is -0.138. The molecule has 0 aliphatic carbocycles. The zero-order valence-electron chi connectivity index (χ0n) is 25.5. The van der Waals surface area contributed by atoms with Gasteiger partial charge in [0.2, 0.25) is 5.91 Å². The molecule has 1 unspecified atom stereocenters. The van der Waals surface area contributed by atoms with Crippen LogP contribution >= 0.6 is 0 Å². The van der Waals surface area contributed by atoms with Crippen LogP contribution in [-0.4, -0.2) is 57.3 Å². The predicted molar refractivity (Wildman–Crippen MR) is 160 cm³/mol. The molecule has 12 heteroatoms. The maximum Gasteiger partial charge on any atom is 0.305 e. The van der Waals surface area contributed by atoms with Crippen LogP contribution in [-0.2, 0) is 21.2 Å². The highest BCUT2D eigenvalue weighted by atomic mass is 28.1. The molecule has 0 saturated carbocycles. The van der Waals surface area contributed by atoms with Gasteiger partial charge in [0.1, 0.15) is 11.9 Å². The van der Waals surface area contributed by atoms with Crippen molar-refractivity contribution in [3.05, 3.63) is 92.4 Å². The lowest BCUT2D eigenvalue weighted by Crippen LogP contribution is -2.52. The molecule has 0 fully saturated rings. The van der Waals surface area contributed by atoms with E-state index in [4.69, 9.17) is 0 Å². The molecular formula is C32H36F4N3O4Si. The molecule has 2 N–H and O–H groups in total. The summed E-state index contributed by atoms with van der Waals surface area (Å²) in [7, 11) is 6.91.